The molecule has 0 aliphatic carbocycles. The number of amides is 1. The maximum absolute atomic E-state index is 12.5. The van der Waals surface area contributed by atoms with E-state index in [9.17, 15) is 18.0 Å². The van der Waals surface area contributed by atoms with Crippen molar-refractivity contribution in [3.63, 3.8) is 0 Å². The van der Waals surface area contributed by atoms with Crippen molar-refractivity contribution in [2.24, 2.45) is 0 Å². The van der Waals surface area contributed by atoms with E-state index in [0.29, 0.717) is 13.1 Å². The molecule has 1 unspecified atom stereocenters. The number of benzene rings is 1. The van der Waals surface area contributed by atoms with Crippen LogP contribution in [0.4, 0.5) is 18.9 Å². The van der Waals surface area contributed by atoms with E-state index in [2.05, 4.69) is 16.0 Å². The second-order valence-electron chi connectivity index (χ2n) is 4.28. The maximum atomic E-state index is 12.5. The van der Waals surface area contributed by atoms with Crippen molar-refractivity contribution in [2.45, 2.75) is 12.2 Å². The molecule has 0 aromatic heterocycles. The Kier molecular flexibility index (Phi) is 4.06. The smallest absolute Gasteiger partial charge is 0.325 e. The molecule has 1 aromatic rings. The Labute approximate surface area is 108 Å². The molecular formula is C12H14F3N3O. The van der Waals surface area contributed by atoms with Crippen molar-refractivity contribution >= 4 is 11.6 Å². The molecule has 1 atom stereocenters. The van der Waals surface area contributed by atoms with Gasteiger partial charge in [-0.15, -0.1) is 0 Å². The minimum Gasteiger partial charge on any atom is -0.325 e. The number of nitrogens with one attached hydrogen (secondary N) is 3. The molecule has 1 saturated heterocycles. The summed E-state index contributed by atoms with van der Waals surface area (Å²) in [6.07, 6.45) is -4.41. The van der Waals surface area contributed by atoms with Gasteiger partial charge in [0.25, 0.3) is 0 Å². The van der Waals surface area contributed by atoms with Gasteiger partial charge in [0.05, 0.1) is 11.6 Å². The number of carbonyl (C=O) groups excluding carboxylic acids is 1. The molecule has 1 fully saturated rings. The SMILES string of the molecule is O=C(Nc1cccc(C(F)(F)F)c1)C1CNCCN1. The van der Waals surface area contributed by atoms with E-state index in [1.807, 2.05) is 0 Å². The zero-order valence-electron chi connectivity index (χ0n) is 10.1. The standard InChI is InChI=1S/C12H14F3N3O/c13-12(14,15)8-2-1-3-9(6-8)18-11(19)10-7-16-4-5-17-10/h1-3,6,10,16-17H,4-5,7H2,(H,18,19). The summed E-state index contributed by atoms with van der Waals surface area (Å²) >= 11 is 0. The number of alkyl halides is 3. The third-order valence-corrected chi connectivity index (χ3v) is 2.81. The molecule has 1 heterocycles. The normalized spacial score (nSPS) is 20.1. The molecule has 3 N–H and O–H groups in total. The molecule has 1 aliphatic rings. The largest absolute Gasteiger partial charge is 0.416 e. The molecule has 0 radical (unpaired) electrons. The summed E-state index contributed by atoms with van der Waals surface area (Å²) in [5.41, 5.74) is -0.632. The Balaban J connectivity index is 2.04. The predicted octanol–water partition coefficient (Wildman–Crippen LogP) is 1.21. The quantitative estimate of drug-likeness (QED) is 0.759. The van der Waals surface area contributed by atoms with Gasteiger partial charge < -0.3 is 16.0 Å². The van der Waals surface area contributed by atoms with Crippen molar-refractivity contribution in [1.82, 2.24) is 10.6 Å². The van der Waals surface area contributed by atoms with E-state index in [1.54, 1.807) is 0 Å². The van der Waals surface area contributed by atoms with E-state index in [1.165, 1.54) is 12.1 Å². The second-order valence-corrected chi connectivity index (χ2v) is 4.28. The Morgan fingerprint density at radius 3 is 2.74 bits per heavy atom. The van der Waals surface area contributed by atoms with Crippen LogP contribution in [0.5, 0.6) is 0 Å². The average Bonchev–Trinajstić information content (AvgIpc) is 2.39. The van der Waals surface area contributed by atoms with Gasteiger partial charge >= 0.3 is 6.18 Å². The number of halogens is 3. The highest BCUT2D eigenvalue weighted by atomic mass is 19.4. The average molecular weight is 273 g/mol. The van der Waals surface area contributed by atoms with Crippen molar-refractivity contribution in [3.05, 3.63) is 29.8 Å². The van der Waals surface area contributed by atoms with Crippen LogP contribution in [0.25, 0.3) is 0 Å². The minimum absolute atomic E-state index is 0.146. The van der Waals surface area contributed by atoms with Crippen LogP contribution in [0.1, 0.15) is 5.56 Å². The van der Waals surface area contributed by atoms with Crippen LogP contribution >= 0.6 is 0 Å². The topological polar surface area (TPSA) is 53.2 Å². The number of piperazine rings is 1. The molecule has 1 amide bonds. The molecule has 7 heteroatoms. The van der Waals surface area contributed by atoms with E-state index in [-0.39, 0.29) is 11.6 Å². The molecule has 2 rings (SSSR count). The summed E-state index contributed by atoms with van der Waals surface area (Å²) in [5, 5.41) is 8.50. The van der Waals surface area contributed by atoms with E-state index in [0.717, 1.165) is 18.7 Å². The zero-order chi connectivity index (χ0) is 13.9. The lowest BCUT2D eigenvalue weighted by atomic mass is 10.1. The van der Waals surface area contributed by atoms with Gasteiger partial charge in [0.15, 0.2) is 0 Å². The number of rotatable bonds is 2. The highest BCUT2D eigenvalue weighted by Crippen LogP contribution is 2.30. The lowest BCUT2D eigenvalue weighted by molar-refractivity contribution is -0.137. The van der Waals surface area contributed by atoms with Gasteiger partial charge in [0, 0.05) is 25.3 Å². The van der Waals surface area contributed by atoms with Crippen molar-refractivity contribution in [2.75, 3.05) is 25.0 Å². The third-order valence-electron chi connectivity index (χ3n) is 2.81. The summed E-state index contributed by atoms with van der Waals surface area (Å²) in [5.74, 6) is -0.341. The lowest BCUT2D eigenvalue weighted by Crippen LogP contribution is -2.54. The van der Waals surface area contributed by atoms with Crippen molar-refractivity contribution < 1.29 is 18.0 Å². The molecule has 104 valence electrons. The molecule has 19 heavy (non-hydrogen) atoms. The monoisotopic (exact) mass is 273 g/mol. The molecule has 1 aromatic carbocycles. The van der Waals surface area contributed by atoms with Crippen LogP contribution in [0.2, 0.25) is 0 Å². The Hall–Kier alpha value is -1.60. The number of anilines is 1. The fraction of sp³-hybridized carbons (Fsp3) is 0.417. The molecule has 1 aliphatic heterocycles. The highest BCUT2D eigenvalue weighted by molar-refractivity contribution is 5.95. The van der Waals surface area contributed by atoms with Crippen molar-refractivity contribution in [3.8, 4) is 0 Å². The summed E-state index contributed by atoms with van der Waals surface area (Å²) < 4.78 is 37.6. The van der Waals surface area contributed by atoms with Gasteiger partial charge in [-0.25, -0.2) is 0 Å². The third kappa shape index (κ3) is 3.68. The fourth-order valence-corrected chi connectivity index (χ4v) is 1.84. The van der Waals surface area contributed by atoms with Gasteiger partial charge in [-0.05, 0) is 18.2 Å². The first-order valence-corrected chi connectivity index (χ1v) is 5.89. The van der Waals surface area contributed by atoms with Gasteiger partial charge in [0.1, 0.15) is 0 Å². The summed E-state index contributed by atoms with van der Waals surface area (Å²) in [7, 11) is 0. The van der Waals surface area contributed by atoms with Crippen LogP contribution in [-0.4, -0.2) is 31.6 Å². The van der Waals surface area contributed by atoms with E-state index in [4.69, 9.17) is 0 Å². The van der Waals surface area contributed by atoms with E-state index < -0.39 is 17.8 Å². The lowest BCUT2D eigenvalue weighted by Gasteiger charge is -2.23. The number of carbonyl (C=O) groups is 1. The molecule has 0 spiro atoms. The van der Waals surface area contributed by atoms with Gasteiger partial charge in [-0.2, -0.15) is 13.2 Å². The van der Waals surface area contributed by atoms with Crippen LogP contribution in [0.3, 0.4) is 0 Å². The molecule has 0 saturated carbocycles. The maximum Gasteiger partial charge on any atom is 0.416 e. The van der Waals surface area contributed by atoms with E-state index >= 15 is 0 Å². The van der Waals surface area contributed by atoms with Crippen LogP contribution in [-0.2, 0) is 11.0 Å². The molecular weight excluding hydrogens is 259 g/mol. The molecule has 0 bridgehead atoms. The fourth-order valence-electron chi connectivity index (χ4n) is 1.84. The Bertz CT molecular complexity index is 456. The highest BCUT2D eigenvalue weighted by Gasteiger charge is 2.30. The van der Waals surface area contributed by atoms with Gasteiger partial charge in [-0.3, -0.25) is 4.79 Å². The van der Waals surface area contributed by atoms with Crippen molar-refractivity contribution in [1.29, 1.82) is 0 Å². The Morgan fingerprint density at radius 1 is 1.32 bits per heavy atom. The minimum atomic E-state index is -4.41. The van der Waals surface area contributed by atoms with Gasteiger partial charge in [-0.1, -0.05) is 6.07 Å². The molecule has 4 nitrogen and oxygen atoms in total. The summed E-state index contributed by atoms with van der Waals surface area (Å²) in [6, 6.07) is 4.17. The summed E-state index contributed by atoms with van der Waals surface area (Å²) in [4.78, 5) is 11.8. The van der Waals surface area contributed by atoms with Crippen LogP contribution in [0, 0.1) is 0 Å². The first-order chi connectivity index (χ1) is 8.97. The Morgan fingerprint density at radius 2 is 2.11 bits per heavy atom. The predicted molar refractivity (Wildman–Crippen MR) is 64.7 cm³/mol. The number of hydrogen-bond acceptors (Lipinski definition) is 3. The van der Waals surface area contributed by atoms with Crippen LogP contribution < -0.4 is 16.0 Å². The summed E-state index contributed by atoms with van der Waals surface area (Å²) in [6.45, 7) is 1.89. The van der Waals surface area contributed by atoms with Crippen LogP contribution in [0.15, 0.2) is 24.3 Å². The first-order valence-electron chi connectivity index (χ1n) is 5.89. The number of hydrogen-bond donors (Lipinski definition) is 3. The second kappa shape index (κ2) is 5.58. The van der Waals surface area contributed by atoms with Gasteiger partial charge in [0.2, 0.25) is 5.91 Å². The first kappa shape index (κ1) is 13.8. The zero-order valence-corrected chi connectivity index (χ0v) is 10.1.